The molecule has 1 aliphatic heterocycles. The van der Waals surface area contributed by atoms with Gasteiger partial charge < -0.3 is 14.7 Å². The number of ether oxygens (including phenoxy) is 1. The minimum Gasteiger partial charge on any atom is -0.481 e. The van der Waals surface area contributed by atoms with Gasteiger partial charge in [-0.2, -0.15) is 0 Å². The van der Waals surface area contributed by atoms with Crippen LogP contribution in [0.3, 0.4) is 0 Å². The number of carboxylic acids is 1. The zero-order valence-corrected chi connectivity index (χ0v) is 12.5. The number of hydrogen-bond acceptors (Lipinski definition) is 5. The van der Waals surface area contributed by atoms with Crippen molar-refractivity contribution in [3.05, 3.63) is 39.9 Å². The van der Waals surface area contributed by atoms with Gasteiger partial charge in [-0.3, -0.25) is 14.9 Å². The summed E-state index contributed by atoms with van der Waals surface area (Å²) >= 11 is 0. The molecule has 0 aromatic heterocycles. The monoisotopic (exact) mass is 322 g/mol. The van der Waals surface area contributed by atoms with Crippen LogP contribution in [0.5, 0.6) is 0 Å². The average Bonchev–Trinajstić information content (AvgIpc) is 2.52. The molecular weight excluding hydrogens is 304 g/mol. The van der Waals surface area contributed by atoms with Gasteiger partial charge in [0.2, 0.25) is 0 Å². The van der Waals surface area contributed by atoms with Gasteiger partial charge in [-0.25, -0.2) is 4.79 Å². The lowest BCUT2D eigenvalue weighted by atomic mass is 9.95. The number of carboxylic acid groups (broad SMARTS) is 1. The van der Waals surface area contributed by atoms with Crippen LogP contribution in [-0.4, -0.2) is 40.1 Å². The first-order valence-corrected chi connectivity index (χ1v) is 7.32. The molecule has 1 N–H and O–H groups in total. The molecule has 1 amide bonds. The van der Waals surface area contributed by atoms with Gasteiger partial charge in [-0.15, -0.1) is 0 Å². The molecule has 0 bridgehead atoms. The number of rotatable bonds is 5. The lowest BCUT2D eigenvalue weighted by molar-refractivity contribution is -0.384. The molecule has 1 aliphatic rings. The summed E-state index contributed by atoms with van der Waals surface area (Å²) < 4.78 is 5.19. The summed E-state index contributed by atoms with van der Waals surface area (Å²) in [6.45, 7) is 0.956. The number of non-ortho nitro benzene ring substituents is 1. The molecule has 0 radical (unpaired) electrons. The minimum atomic E-state index is -0.865. The van der Waals surface area contributed by atoms with Crippen LogP contribution < -0.4 is 0 Å². The number of nitro benzene ring substituents is 1. The van der Waals surface area contributed by atoms with Gasteiger partial charge in [-0.1, -0.05) is 0 Å². The molecule has 1 aromatic carbocycles. The van der Waals surface area contributed by atoms with Gasteiger partial charge in [0, 0.05) is 31.6 Å². The Labute approximate surface area is 132 Å². The summed E-state index contributed by atoms with van der Waals surface area (Å²) in [6.07, 6.45) is 1.10. The number of carbonyl (C=O) groups excluding carboxylic acids is 1. The second kappa shape index (κ2) is 7.57. The van der Waals surface area contributed by atoms with Crippen molar-refractivity contribution in [2.24, 2.45) is 5.92 Å². The van der Waals surface area contributed by atoms with Crippen molar-refractivity contribution < 1.29 is 24.4 Å². The van der Waals surface area contributed by atoms with Crippen molar-refractivity contribution in [3.63, 3.8) is 0 Å². The summed E-state index contributed by atoms with van der Waals surface area (Å²) in [5.41, 5.74) is 0.635. The van der Waals surface area contributed by atoms with Crippen LogP contribution in [0.1, 0.15) is 24.8 Å². The Morgan fingerprint density at radius 2 is 2.04 bits per heavy atom. The maximum atomic E-state index is 12.0. The van der Waals surface area contributed by atoms with Gasteiger partial charge in [0.1, 0.15) is 6.61 Å². The molecule has 2 rings (SSSR count). The summed E-state index contributed by atoms with van der Waals surface area (Å²) in [5.74, 6) is -0.913. The van der Waals surface area contributed by atoms with Gasteiger partial charge in [0.25, 0.3) is 5.69 Å². The van der Waals surface area contributed by atoms with Gasteiger partial charge in [0.05, 0.1) is 4.92 Å². The van der Waals surface area contributed by atoms with E-state index in [-0.39, 0.29) is 24.6 Å². The van der Waals surface area contributed by atoms with Crippen molar-refractivity contribution in [1.29, 1.82) is 0 Å². The summed E-state index contributed by atoms with van der Waals surface area (Å²) in [6, 6.07) is 5.78. The minimum absolute atomic E-state index is 0.0207. The van der Waals surface area contributed by atoms with Crippen LogP contribution in [-0.2, 0) is 16.1 Å². The highest BCUT2D eigenvalue weighted by Crippen LogP contribution is 2.20. The Balaban J connectivity index is 1.84. The molecule has 0 aliphatic carbocycles. The van der Waals surface area contributed by atoms with E-state index in [2.05, 4.69) is 0 Å². The van der Waals surface area contributed by atoms with E-state index < -0.39 is 17.0 Å². The second-order valence-electron chi connectivity index (χ2n) is 5.53. The largest absolute Gasteiger partial charge is 0.481 e. The van der Waals surface area contributed by atoms with Crippen molar-refractivity contribution >= 4 is 17.7 Å². The standard InChI is InChI=1S/C15H18N2O6/c18-14(19)8-12-2-1-7-16(9-12)15(20)23-10-11-3-5-13(6-4-11)17(21)22/h3-6,12H,1-2,7-10H2,(H,18,19). The Bertz CT molecular complexity index is 586. The quantitative estimate of drug-likeness (QED) is 0.658. The smallest absolute Gasteiger partial charge is 0.410 e. The summed E-state index contributed by atoms with van der Waals surface area (Å²) in [4.78, 5) is 34.4. The third-order valence-electron chi connectivity index (χ3n) is 3.75. The lowest BCUT2D eigenvalue weighted by Gasteiger charge is -2.31. The molecule has 1 aromatic rings. The fourth-order valence-electron chi connectivity index (χ4n) is 2.59. The Kier molecular flexibility index (Phi) is 5.51. The maximum Gasteiger partial charge on any atom is 0.410 e. The zero-order chi connectivity index (χ0) is 16.8. The molecule has 0 saturated carbocycles. The molecule has 1 fully saturated rings. The van der Waals surface area contributed by atoms with Gasteiger partial charge in [0.15, 0.2) is 0 Å². The van der Waals surface area contributed by atoms with Crippen LogP contribution in [0.4, 0.5) is 10.5 Å². The van der Waals surface area contributed by atoms with Crippen LogP contribution >= 0.6 is 0 Å². The SMILES string of the molecule is O=C(O)CC1CCCN(C(=O)OCc2ccc([N+](=O)[O-])cc2)C1. The summed E-state index contributed by atoms with van der Waals surface area (Å²) in [5, 5.41) is 19.4. The van der Waals surface area contributed by atoms with E-state index in [1.807, 2.05) is 0 Å². The number of piperidine rings is 1. The zero-order valence-electron chi connectivity index (χ0n) is 12.5. The highest BCUT2D eigenvalue weighted by atomic mass is 16.6. The van der Waals surface area contributed by atoms with Crippen molar-refractivity contribution in [3.8, 4) is 0 Å². The number of carbonyl (C=O) groups is 2. The first kappa shape index (κ1) is 16.7. The molecule has 1 unspecified atom stereocenters. The third-order valence-corrected chi connectivity index (χ3v) is 3.75. The number of likely N-dealkylation sites (tertiary alicyclic amines) is 1. The number of nitrogens with zero attached hydrogens (tertiary/aromatic N) is 2. The molecule has 8 heteroatoms. The average molecular weight is 322 g/mol. The Hall–Kier alpha value is -2.64. The number of hydrogen-bond donors (Lipinski definition) is 1. The number of aliphatic carboxylic acids is 1. The summed E-state index contributed by atoms with van der Waals surface area (Å²) in [7, 11) is 0. The van der Waals surface area contributed by atoms with Gasteiger partial charge in [-0.05, 0) is 36.5 Å². The molecule has 124 valence electrons. The van der Waals surface area contributed by atoms with E-state index in [4.69, 9.17) is 9.84 Å². The predicted molar refractivity (Wildman–Crippen MR) is 79.8 cm³/mol. The topological polar surface area (TPSA) is 110 Å². The van der Waals surface area contributed by atoms with E-state index in [0.717, 1.165) is 12.8 Å². The fraction of sp³-hybridized carbons (Fsp3) is 0.467. The van der Waals surface area contributed by atoms with E-state index in [0.29, 0.717) is 18.7 Å². The van der Waals surface area contributed by atoms with E-state index in [9.17, 15) is 19.7 Å². The van der Waals surface area contributed by atoms with Crippen LogP contribution in [0.15, 0.2) is 24.3 Å². The lowest BCUT2D eigenvalue weighted by Crippen LogP contribution is -2.40. The molecule has 1 atom stereocenters. The second-order valence-corrected chi connectivity index (χ2v) is 5.53. The van der Waals surface area contributed by atoms with E-state index >= 15 is 0 Å². The fourth-order valence-corrected chi connectivity index (χ4v) is 2.59. The van der Waals surface area contributed by atoms with E-state index in [1.54, 1.807) is 0 Å². The molecule has 8 nitrogen and oxygen atoms in total. The maximum absolute atomic E-state index is 12.0. The van der Waals surface area contributed by atoms with E-state index in [1.165, 1.54) is 29.2 Å². The molecule has 1 heterocycles. The first-order valence-electron chi connectivity index (χ1n) is 7.32. The first-order chi connectivity index (χ1) is 11.0. The number of nitro groups is 1. The highest BCUT2D eigenvalue weighted by molar-refractivity contribution is 5.69. The molecular formula is C15H18N2O6. The number of amides is 1. The Morgan fingerprint density at radius 1 is 1.35 bits per heavy atom. The van der Waals surface area contributed by atoms with Crippen LogP contribution in [0.2, 0.25) is 0 Å². The van der Waals surface area contributed by atoms with Gasteiger partial charge >= 0.3 is 12.1 Å². The van der Waals surface area contributed by atoms with Crippen molar-refractivity contribution in [2.75, 3.05) is 13.1 Å². The predicted octanol–water partition coefficient (Wildman–Crippen LogP) is 2.42. The third kappa shape index (κ3) is 4.94. The highest BCUT2D eigenvalue weighted by Gasteiger charge is 2.26. The van der Waals surface area contributed by atoms with Crippen LogP contribution in [0.25, 0.3) is 0 Å². The van der Waals surface area contributed by atoms with Crippen LogP contribution in [0, 0.1) is 16.0 Å². The molecule has 1 saturated heterocycles. The van der Waals surface area contributed by atoms with Crippen molar-refractivity contribution in [2.45, 2.75) is 25.9 Å². The Morgan fingerprint density at radius 3 is 2.65 bits per heavy atom. The normalized spacial score (nSPS) is 17.6. The van der Waals surface area contributed by atoms with Crippen molar-refractivity contribution in [1.82, 2.24) is 4.90 Å². The molecule has 0 spiro atoms. The number of benzene rings is 1. The molecule has 23 heavy (non-hydrogen) atoms.